The molecule has 1 aromatic carbocycles. The molecule has 0 bridgehead atoms. The summed E-state index contributed by atoms with van der Waals surface area (Å²) in [4.78, 5) is 7.63. The molecule has 1 aromatic heterocycles. The molecular formula is C12H16N4. The molecule has 4 nitrogen and oxygen atoms in total. The van der Waals surface area contributed by atoms with Crippen molar-refractivity contribution in [2.24, 2.45) is 11.7 Å². The Bertz CT molecular complexity index is 513. The van der Waals surface area contributed by atoms with E-state index in [1.165, 1.54) is 5.56 Å². The number of aromatic amines is 1. The first-order chi connectivity index (χ1) is 7.74. The monoisotopic (exact) mass is 216 g/mol. The zero-order valence-corrected chi connectivity index (χ0v) is 9.33. The Hall–Kier alpha value is -1.39. The zero-order chi connectivity index (χ0) is 11.1. The van der Waals surface area contributed by atoms with Crippen molar-refractivity contribution in [1.29, 1.82) is 0 Å². The van der Waals surface area contributed by atoms with Crippen LogP contribution in [0, 0.1) is 12.8 Å². The molecule has 1 aliphatic rings. The van der Waals surface area contributed by atoms with E-state index in [0.29, 0.717) is 5.92 Å². The van der Waals surface area contributed by atoms with Crippen molar-refractivity contribution in [2.75, 3.05) is 13.1 Å². The van der Waals surface area contributed by atoms with Crippen LogP contribution < -0.4 is 11.1 Å². The van der Waals surface area contributed by atoms with Crippen LogP contribution in [0.15, 0.2) is 18.2 Å². The third kappa shape index (κ3) is 1.50. The van der Waals surface area contributed by atoms with Gasteiger partial charge in [-0.2, -0.15) is 0 Å². The summed E-state index contributed by atoms with van der Waals surface area (Å²) in [6, 6.07) is 6.39. The van der Waals surface area contributed by atoms with Gasteiger partial charge in [0.1, 0.15) is 5.82 Å². The van der Waals surface area contributed by atoms with Crippen LogP contribution in [-0.2, 0) is 0 Å². The van der Waals surface area contributed by atoms with Crippen LogP contribution in [0.1, 0.15) is 17.4 Å². The maximum atomic E-state index is 6.22. The summed E-state index contributed by atoms with van der Waals surface area (Å²) in [5.41, 5.74) is 9.52. The van der Waals surface area contributed by atoms with Gasteiger partial charge in [0.05, 0.1) is 11.0 Å². The average molecular weight is 216 g/mol. The predicted octanol–water partition coefficient (Wildman–Crippen LogP) is 1.09. The molecule has 0 saturated carbocycles. The molecule has 1 aliphatic heterocycles. The standard InChI is InChI=1S/C12H16N4/c1-7-15-10-3-2-8(4-11(10)16-7)12(13)9-5-14-6-9/h2-4,9,12,14H,5-6,13H2,1H3,(H,15,16). The number of imidazole rings is 1. The number of nitrogens with one attached hydrogen (secondary N) is 2. The fourth-order valence-electron chi connectivity index (χ4n) is 2.20. The van der Waals surface area contributed by atoms with Gasteiger partial charge in [0.15, 0.2) is 0 Å². The van der Waals surface area contributed by atoms with Gasteiger partial charge in [0.2, 0.25) is 0 Å². The molecule has 0 radical (unpaired) electrons. The van der Waals surface area contributed by atoms with Crippen LogP contribution in [0.4, 0.5) is 0 Å². The molecule has 4 heteroatoms. The van der Waals surface area contributed by atoms with Gasteiger partial charge in [-0.15, -0.1) is 0 Å². The van der Waals surface area contributed by atoms with Gasteiger partial charge in [0.25, 0.3) is 0 Å². The van der Waals surface area contributed by atoms with E-state index >= 15 is 0 Å². The molecule has 0 aliphatic carbocycles. The number of aromatic nitrogens is 2. The van der Waals surface area contributed by atoms with Crippen LogP contribution in [0.3, 0.4) is 0 Å². The summed E-state index contributed by atoms with van der Waals surface area (Å²) in [6.45, 7) is 4.03. The summed E-state index contributed by atoms with van der Waals surface area (Å²) in [5.74, 6) is 1.52. The Kier molecular flexibility index (Phi) is 2.19. The van der Waals surface area contributed by atoms with E-state index in [9.17, 15) is 0 Å². The molecule has 4 N–H and O–H groups in total. The number of nitrogens with two attached hydrogens (primary N) is 1. The van der Waals surface area contributed by atoms with Crippen molar-refractivity contribution in [3.8, 4) is 0 Å². The minimum Gasteiger partial charge on any atom is -0.342 e. The van der Waals surface area contributed by atoms with Gasteiger partial charge in [-0.25, -0.2) is 4.98 Å². The number of hydrogen-bond acceptors (Lipinski definition) is 3. The summed E-state index contributed by atoms with van der Waals surface area (Å²) in [6.07, 6.45) is 0. The van der Waals surface area contributed by atoms with Gasteiger partial charge in [-0.3, -0.25) is 0 Å². The van der Waals surface area contributed by atoms with Gasteiger partial charge in [-0.05, 0) is 24.6 Å². The largest absolute Gasteiger partial charge is 0.342 e. The van der Waals surface area contributed by atoms with Gasteiger partial charge >= 0.3 is 0 Å². The topological polar surface area (TPSA) is 66.7 Å². The lowest BCUT2D eigenvalue weighted by molar-refractivity contribution is 0.295. The minimum atomic E-state index is 0.134. The number of fused-ring (bicyclic) bond motifs is 1. The van der Waals surface area contributed by atoms with Crippen LogP contribution in [0.25, 0.3) is 11.0 Å². The maximum Gasteiger partial charge on any atom is 0.104 e. The molecule has 1 unspecified atom stereocenters. The van der Waals surface area contributed by atoms with Crippen molar-refractivity contribution in [2.45, 2.75) is 13.0 Å². The van der Waals surface area contributed by atoms with E-state index in [1.54, 1.807) is 0 Å². The van der Waals surface area contributed by atoms with E-state index in [2.05, 4.69) is 27.4 Å². The lowest BCUT2D eigenvalue weighted by atomic mass is 9.89. The molecule has 2 heterocycles. The second-order valence-corrected chi connectivity index (χ2v) is 4.54. The molecule has 84 valence electrons. The summed E-state index contributed by atoms with van der Waals surface area (Å²) >= 11 is 0. The van der Waals surface area contributed by atoms with Gasteiger partial charge in [-0.1, -0.05) is 6.07 Å². The van der Waals surface area contributed by atoms with Crippen LogP contribution in [-0.4, -0.2) is 23.1 Å². The Labute approximate surface area is 94.3 Å². The van der Waals surface area contributed by atoms with Crippen molar-refractivity contribution >= 4 is 11.0 Å². The van der Waals surface area contributed by atoms with E-state index in [-0.39, 0.29) is 6.04 Å². The molecule has 1 fully saturated rings. The fraction of sp³-hybridized carbons (Fsp3) is 0.417. The first-order valence-electron chi connectivity index (χ1n) is 5.66. The number of H-pyrrole nitrogens is 1. The Morgan fingerprint density at radius 1 is 1.44 bits per heavy atom. The highest BCUT2D eigenvalue weighted by atomic mass is 15.0. The molecule has 1 atom stereocenters. The maximum absolute atomic E-state index is 6.22. The van der Waals surface area contributed by atoms with Crippen molar-refractivity contribution in [3.63, 3.8) is 0 Å². The smallest absolute Gasteiger partial charge is 0.104 e. The third-order valence-corrected chi connectivity index (χ3v) is 3.33. The van der Waals surface area contributed by atoms with Crippen LogP contribution >= 0.6 is 0 Å². The molecule has 0 amide bonds. The molecule has 3 rings (SSSR count). The van der Waals surface area contributed by atoms with E-state index < -0.39 is 0 Å². The Morgan fingerprint density at radius 2 is 2.25 bits per heavy atom. The predicted molar refractivity (Wildman–Crippen MR) is 64.1 cm³/mol. The highest BCUT2D eigenvalue weighted by Crippen LogP contribution is 2.25. The second kappa shape index (κ2) is 3.57. The van der Waals surface area contributed by atoms with E-state index in [4.69, 9.17) is 5.73 Å². The highest BCUT2D eigenvalue weighted by Gasteiger charge is 2.25. The van der Waals surface area contributed by atoms with E-state index in [0.717, 1.165) is 29.9 Å². The highest BCUT2D eigenvalue weighted by molar-refractivity contribution is 5.76. The fourth-order valence-corrected chi connectivity index (χ4v) is 2.20. The van der Waals surface area contributed by atoms with Gasteiger partial charge in [0, 0.05) is 25.0 Å². The number of rotatable bonds is 2. The van der Waals surface area contributed by atoms with Crippen LogP contribution in [0.5, 0.6) is 0 Å². The van der Waals surface area contributed by atoms with Crippen molar-refractivity contribution in [1.82, 2.24) is 15.3 Å². The average Bonchev–Trinajstić information content (AvgIpc) is 2.53. The SMILES string of the molecule is Cc1nc2ccc(C(N)C3CNC3)cc2[nH]1. The van der Waals surface area contributed by atoms with E-state index in [1.807, 2.05) is 13.0 Å². The molecule has 0 spiro atoms. The lowest BCUT2D eigenvalue weighted by Gasteiger charge is -2.32. The number of nitrogens with zero attached hydrogens (tertiary/aromatic N) is 1. The van der Waals surface area contributed by atoms with Gasteiger partial charge < -0.3 is 16.0 Å². The quantitative estimate of drug-likeness (QED) is 0.704. The molecule has 16 heavy (non-hydrogen) atoms. The van der Waals surface area contributed by atoms with Crippen molar-refractivity contribution < 1.29 is 0 Å². The summed E-state index contributed by atoms with van der Waals surface area (Å²) in [7, 11) is 0. The number of aryl methyl sites for hydroxylation is 1. The zero-order valence-electron chi connectivity index (χ0n) is 9.33. The third-order valence-electron chi connectivity index (χ3n) is 3.33. The lowest BCUT2D eigenvalue weighted by Crippen LogP contribution is -2.47. The van der Waals surface area contributed by atoms with Crippen molar-refractivity contribution in [3.05, 3.63) is 29.6 Å². The van der Waals surface area contributed by atoms with Crippen LogP contribution in [0.2, 0.25) is 0 Å². The summed E-state index contributed by atoms with van der Waals surface area (Å²) in [5, 5.41) is 3.25. The number of hydrogen-bond donors (Lipinski definition) is 3. The minimum absolute atomic E-state index is 0.134. The molecular weight excluding hydrogens is 200 g/mol. The summed E-state index contributed by atoms with van der Waals surface area (Å²) < 4.78 is 0. The molecule has 1 saturated heterocycles. The Morgan fingerprint density at radius 3 is 2.94 bits per heavy atom. The first kappa shape index (κ1) is 9.81. The Balaban J connectivity index is 1.97. The molecule has 2 aromatic rings. The normalized spacial score (nSPS) is 18.6. The first-order valence-corrected chi connectivity index (χ1v) is 5.66. The number of benzene rings is 1. The second-order valence-electron chi connectivity index (χ2n) is 4.54.